The van der Waals surface area contributed by atoms with E-state index in [1.165, 1.54) is 6.21 Å². The molecule has 3 aromatic carbocycles. The van der Waals surface area contributed by atoms with Gasteiger partial charge in [-0.25, -0.2) is 10.2 Å². The predicted molar refractivity (Wildman–Crippen MR) is 110 cm³/mol. The molecule has 0 spiro atoms. The number of esters is 1. The molecule has 30 heavy (non-hydrogen) atoms. The Hall–Kier alpha value is -4.13. The van der Waals surface area contributed by atoms with E-state index in [4.69, 9.17) is 14.2 Å². The standard InChI is InChI=1S/C23H18N2O5/c1-15-4-2-3-5-19(15)23(27)30-18-9-6-16(7-10-18)13-24-25-22(26)17-8-11-20-21(12-17)29-14-28-20/h2-13H,14H2,1H3,(H,25,26). The number of amides is 1. The number of aryl methyl sites for hydroxylation is 1. The summed E-state index contributed by atoms with van der Waals surface area (Å²) in [4.78, 5) is 24.5. The highest BCUT2D eigenvalue weighted by Crippen LogP contribution is 2.32. The maximum absolute atomic E-state index is 12.3. The van der Waals surface area contributed by atoms with Gasteiger partial charge in [-0.1, -0.05) is 18.2 Å². The summed E-state index contributed by atoms with van der Waals surface area (Å²) in [5, 5.41) is 3.96. The van der Waals surface area contributed by atoms with E-state index in [2.05, 4.69) is 10.5 Å². The maximum atomic E-state index is 12.3. The molecule has 0 unspecified atom stereocenters. The summed E-state index contributed by atoms with van der Waals surface area (Å²) < 4.78 is 15.9. The Labute approximate surface area is 172 Å². The van der Waals surface area contributed by atoms with Crippen molar-refractivity contribution in [3.63, 3.8) is 0 Å². The molecule has 0 saturated carbocycles. The first-order valence-corrected chi connectivity index (χ1v) is 9.21. The number of carbonyl (C=O) groups is 2. The van der Waals surface area contributed by atoms with Crippen LogP contribution in [0.5, 0.6) is 17.2 Å². The maximum Gasteiger partial charge on any atom is 0.343 e. The molecule has 0 aromatic heterocycles. The van der Waals surface area contributed by atoms with Crippen molar-refractivity contribution in [2.24, 2.45) is 5.10 Å². The Kier molecular flexibility index (Phi) is 5.43. The number of benzene rings is 3. The lowest BCUT2D eigenvalue weighted by Gasteiger charge is -2.06. The van der Waals surface area contributed by atoms with Gasteiger partial charge in [0.05, 0.1) is 11.8 Å². The minimum Gasteiger partial charge on any atom is -0.454 e. The molecule has 1 N–H and O–H groups in total. The normalized spacial score (nSPS) is 12.0. The summed E-state index contributed by atoms with van der Waals surface area (Å²) in [7, 11) is 0. The third-order valence-electron chi connectivity index (χ3n) is 4.47. The van der Waals surface area contributed by atoms with Gasteiger partial charge in [0.25, 0.3) is 5.91 Å². The summed E-state index contributed by atoms with van der Waals surface area (Å²) in [6, 6.07) is 18.9. The molecule has 0 fully saturated rings. The van der Waals surface area contributed by atoms with E-state index < -0.39 is 5.97 Å². The second-order valence-corrected chi connectivity index (χ2v) is 6.54. The fraction of sp³-hybridized carbons (Fsp3) is 0.0870. The van der Waals surface area contributed by atoms with E-state index in [1.807, 2.05) is 19.1 Å². The van der Waals surface area contributed by atoms with Crippen LogP contribution in [0.4, 0.5) is 0 Å². The Morgan fingerprint density at radius 1 is 1.00 bits per heavy atom. The Morgan fingerprint density at radius 3 is 2.57 bits per heavy atom. The fourth-order valence-corrected chi connectivity index (χ4v) is 2.85. The Balaban J connectivity index is 1.34. The van der Waals surface area contributed by atoms with Crippen molar-refractivity contribution < 1.29 is 23.8 Å². The molecule has 1 aliphatic heterocycles. The largest absolute Gasteiger partial charge is 0.454 e. The lowest BCUT2D eigenvalue weighted by atomic mass is 10.1. The average Bonchev–Trinajstić information content (AvgIpc) is 3.23. The Bertz CT molecular complexity index is 1120. The van der Waals surface area contributed by atoms with Crippen molar-refractivity contribution in [2.75, 3.05) is 6.79 Å². The zero-order valence-corrected chi connectivity index (χ0v) is 16.1. The molecule has 0 saturated heterocycles. The van der Waals surface area contributed by atoms with Crippen LogP contribution >= 0.6 is 0 Å². The summed E-state index contributed by atoms with van der Waals surface area (Å²) >= 11 is 0. The molecular formula is C23H18N2O5. The van der Waals surface area contributed by atoms with Crippen LogP contribution < -0.4 is 19.6 Å². The van der Waals surface area contributed by atoms with E-state index in [0.717, 1.165) is 11.1 Å². The zero-order chi connectivity index (χ0) is 20.9. The van der Waals surface area contributed by atoms with Crippen molar-refractivity contribution in [2.45, 2.75) is 6.92 Å². The van der Waals surface area contributed by atoms with Crippen molar-refractivity contribution in [1.82, 2.24) is 5.43 Å². The fourth-order valence-electron chi connectivity index (χ4n) is 2.85. The monoisotopic (exact) mass is 402 g/mol. The number of ether oxygens (including phenoxy) is 3. The second-order valence-electron chi connectivity index (χ2n) is 6.54. The molecule has 0 aliphatic carbocycles. The van der Waals surface area contributed by atoms with Crippen LogP contribution in [0, 0.1) is 6.92 Å². The minimum atomic E-state index is -0.412. The second kappa shape index (κ2) is 8.48. The summed E-state index contributed by atoms with van der Waals surface area (Å²) in [6.07, 6.45) is 1.50. The van der Waals surface area contributed by atoms with Crippen molar-refractivity contribution in [3.05, 3.63) is 89.0 Å². The Morgan fingerprint density at radius 2 is 1.77 bits per heavy atom. The van der Waals surface area contributed by atoms with Gasteiger partial charge < -0.3 is 14.2 Å². The molecule has 0 bridgehead atoms. The van der Waals surface area contributed by atoms with E-state index in [-0.39, 0.29) is 12.7 Å². The summed E-state index contributed by atoms with van der Waals surface area (Å²) in [5.74, 6) is 0.782. The van der Waals surface area contributed by atoms with Crippen LogP contribution in [0.15, 0.2) is 71.8 Å². The molecule has 0 atom stereocenters. The van der Waals surface area contributed by atoms with E-state index in [0.29, 0.717) is 28.4 Å². The van der Waals surface area contributed by atoms with E-state index in [9.17, 15) is 9.59 Å². The summed E-state index contributed by atoms with van der Waals surface area (Å²) in [6.45, 7) is 2.00. The van der Waals surface area contributed by atoms with Gasteiger partial charge in [-0.2, -0.15) is 5.10 Å². The molecule has 1 heterocycles. The first-order chi connectivity index (χ1) is 14.6. The molecule has 7 heteroatoms. The van der Waals surface area contributed by atoms with Gasteiger partial charge in [-0.15, -0.1) is 0 Å². The molecular weight excluding hydrogens is 384 g/mol. The first kappa shape index (κ1) is 19.2. The molecule has 4 rings (SSSR count). The van der Waals surface area contributed by atoms with Crippen LogP contribution in [-0.2, 0) is 0 Å². The van der Waals surface area contributed by atoms with Gasteiger partial charge in [-0.3, -0.25) is 4.79 Å². The molecule has 3 aromatic rings. The average molecular weight is 402 g/mol. The molecule has 0 radical (unpaired) electrons. The van der Waals surface area contributed by atoms with Crippen molar-refractivity contribution in [1.29, 1.82) is 0 Å². The topological polar surface area (TPSA) is 86.2 Å². The van der Waals surface area contributed by atoms with E-state index in [1.54, 1.807) is 54.6 Å². The number of fused-ring (bicyclic) bond motifs is 1. The van der Waals surface area contributed by atoms with Crippen LogP contribution in [0.25, 0.3) is 0 Å². The molecule has 150 valence electrons. The number of nitrogens with zero attached hydrogens (tertiary/aromatic N) is 1. The van der Waals surface area contributed by atoms with Crippen LogP contribution in [0.2, 0.25) is 0 Å². The van der Waals surface area contributed by atoms with Gasteiger partial charge in [0.15, 0.2) is 11.5 Å². The minimum absolute atomic E-state index is 0.148. The third-order valence-corrected chi connectivity index (χ3v) is 4.47. The summed E-state index contributed by atoms with van der Waals surface area (Å²) in [5.41, 5.74) is 4.98. The number of carbonyl (C=O) groups excluding carboxylic acids is 2. The number of hydrazone groups is 1. The lowest BCUT2D eigenvalue weighted by molar-refractivity contribution is 0.0733. The lowest BCUT2D eigenvalue weighted by Crippen LogP contribution is -2.17. The zero-order valence-electron chi connectivity index (χ0n) is 16.1. The van der Waals surface area contributed by atoms with Gasteiger partial charge >= 0.3 is 5.97 Å². The van der Waals surface area contributed by atoms with Gasteiger partial charge in [-0.05, 0) is 66.6 Å². The number of nitrogens with one attached hydrogen (secondary N) is 1. The van der Waals surface area contributed by atoms with Gasteiger partial charge in [0.1, 0.15) is 5.75 Å². The van der Waals surface area contributed by atoms with Crippen LogP contribution in [0.3, 0.4) is 0 Å². The van der Waals surface area contributed by atoms with Crippen LogP contribution in [0.1, 0.15) is 31.8 Å². The van der Waals surface area contributed by atoms with Gasteiger partial charge in [0, 0.05) is 5.56 Å². The van der Waals surface area contributed by atoms with Gasteiger partial charge in [0.2, 0.25) is 6.79 Å². The third kappa shape index (κ3) is 4.30. The highest BCUT2D eigenvalue weighted by atomic mass is 16.7. The van der Waals surface area contributed by atoms with E-state index >= 15 is 0 Å². The van der Waals surface area contributed by atoms with Crippen molar-refractivity contribution >= 4 is 18.1 Å². The number of rotatable bonds is 5. The van der Waals surface area contributed by atoms with Crippen LogP contribution in [-0.4, -0.2) is 24.9 Å². The number of hydrogen-bond acceptors (Lipinski definition) is 6. The molecule has 1 amide bonds. The van der Waals surface area contributed by atoms with Crippen molar-refractivity contribution in [3.8, 4) is 17.2 Å². The highest BCUT2D eigenvalue weighted by molar-refractivity contribution is 5.95. The smallest absolute Gasteiger partial charge is 0.343 e. The number of hydrogen-bond donors (Lipinski definition) is 1. The highest BCUT2D eigenvalue weighted by Gasteiger charge is 2.16. The molecule has 7 nitrogen and oxygen atoms in total. The molecule has 1 aliphatic rings. The first-order valence-electron chi connectivity index (χ1n) is 9.21. The quantitative estimate of drug-likeness (QED) is 0.304. The predicted octanol–water partition coefficient (Wildman–Crippen LogP) is 3.71. The SMILES string of the molecule is Cc1ccccc1C(=O)Oc1ccc(C=NNC(=O)c2ccc3c(c2)OCO3)cc1.